The molecule has 0 atom stereocenters. The number of carboxylic acids is 1. The van der Waals surface area contributed by atoms with Crippen molar-refractivity contribution >= 4 is 28.1 Å². The molecule has 0 amide bonds. The number of thiazole rings is 1. The Hall–Kier alpha value is -1.88. The molecular formula is C13H14N2O2S. The first-order valence-corrected chi connectivity index (χ1v) is 6.53. The summed E-state index contributed by atoms with van der Waals surface area (Å²) in [5.74, 6) is -0.901. The normalized spacial score (nSPS) is 10.3. The fourth-order valence-corrected chi connectivity index (χ4v) is 2.45. The summed E-state index contributed by atoms with van der Waals surface area (Å²) in [5.41, 5.74) is 2.98. The molecule has 0 aliphatic carbocycles. The van der Waals surface area contributed by atoms with Crippen LogP contribution in [0, 0.1) is 6.92 Å². The molecule has 1 aromatic heterocycles. The Kier molecular flexibility index (Phi) is 3.62. The van der Waals surface area contributed by atoms with Gasteiger partial charge in [0, 0.05) is 11.1 Å². The maximum Gasteiger partial charge on any atom is 0.335 e. The van der Waals surface area contributed by atoms with Crippen molar-refractivity contribution in [1.29, 1.82) is 0 Å². The van der Waals surface area contributed by atoms with Gasteiger partial charge in [0.1, 0.15) is 0 Å². The number of nitrogens with one attached hydrogen (secondary N) is 1. The molecule has 4 nitrogen and oxygen atoms in total. The number of carboxylic acid groups (broad SMARTS) is 1. The van der Waals surface area contributed by atoms with Crippen molar-refractivity contribution in [3.63, 3.8) is 0 Å². The van der Waals surface area contributed by atoms with Crippen LogP contribution >= 0.6 is 11.3 Å². The van der Waals surface area contributed by atoms with Crippen molar-refractivity contribution in [2.24, 2.45) is 0 Å². The molecule has 0 unspecified atom stereocenters. The number of aromatic carboxylic acids is 1. The van der Waals surface area contributed by atoms with Crippen molar-refractivity contribution < 1.29 is 9.90 Å². The lowest BCUT2D eigenvalue weighted by Gasteiger charge is -2.06. The molecule has 0 fully saturated rings. The lowest BCUT2D eigenvalue weighted by Crippen LogP contribution is -2.00. The van der Waals surface area contributed by atoms with Gasteiger partial charge < -0.3 is 10.4 Å². The van der Waals surface area contributed by atoms with Crippen LogP contribution < -0.4 is 5.32 Å². The number of hydrogen-bond donors (Lipinski definition) is 2. The molecule has 2 aromatic rings. The molecule has 0 bridgehead atoms. The maximum atomic E-state index is 10.9. The van der Waals surface area contributed by atoms with Crippen LogP contribution in [-0.2, 0) is 6.42 Å². The van der Waals surface area contributed by atoms with E-state index in [9.17, 15) is 4.79 Å². The minimum atomic E-state index is -0.901. The van der Waals surface area contributed by atoms with E-state index in [1.807, 2.05) is 11.4 Å². The quantitative estimate of drug-likeness (QED) is 0.885. The second-order valence-corrected chi connectivity index (χ2v) is 4.82. The molecule has 0 aliphatic heterocycles. The second-order valence-electron chi connectivity index (χ2n) is 3.96. The van der Waals surface area contributed by atoms with Crippen LogP contribution in [0.3, 0.4) is 0 Å². The Balaban J connectivity index is 2.19. The first kappa shape index (κ1) is 12.6. The number of benzene rings is 1. The molecule has 18 heavy (non-hydrogen) atoms. The Morgan fingerprint density at radius 2 is 2.28 bits per heavy atom. The fourth-order valence-electron chi connectivity index (χ4n) is 1.63. The summed E-state index contributed by atoms with van der Waals surface area (Å²) in [5, 5.41) is 15.0. The molecule has 2 rings (SSSR count). The topological polar surface area (TPSA) is 62.2 Å². The van der Waals surface area contributed by atoms with E-state index < -0.39 is 5.97 Å². The van der Waals surface area contributed by atoms with E-state index in [2.05, 4.69) is 17.2 Å². The van der Waals surface area contributed by atoms with Crippen LogP contribution in [0.15, 0.2) is 23.6 Å². The van der Waals surface area contributed by atoms with Crippen molar-refractivity contribution in [3.05, 3.63) is 40.4 Å². The van der Waals surface area contributed by atoms with E-state index in [-0.39, 0.29) is 0 Å². The Bertz CT molecular complexity index is 578. The zero-order chi connectivity index (χ0) is 13.1. The number of carbonyl (C=O) groups is 1. The molecule has 2 N–H and O–H groups in total. The van der Waals surface area contributed by atoms with E-state index >= 15 is 0 Å². The summed E-state index contributed by atoms with van der Waals surface area (Å²) in [6.07, 6.45) is 0.912. The lowest BCUT2D eigenvalue weighted by molar-refractivity contribution is 0.0696. The van der Waals surface area contributed by atoms with Crippen LogP contribution in [-0.4, -0.2) is 16.1 Å². The lowest BCUT2D eigenvalue weighted by atomic mass is 10.1. The predicted molar refractivity (Wildman–Crippen MR) is 72.9 cm³/mol. The third-order valence-electron chi connectivity index (χ3n) is 2.62. The van der Waals surface area contributed by atoms with Gasteiger partial charge in [0.2, 0.25) is 0 Å². The van der Waals surface area contributed by atoms with Crippen molar-refractivity contribution in [3.8, 4) is 0 Å². The standard InChI is InChI=1S/C13H14N2O2S/c1-3-9-7-18-13(14-9)15-10-4-5-11(12(16)17)8(2)6-10/h4-7H,3H2,1-2H3,(H,14,15)(H,16,17). The fraction of sp³-hybridized carbons (Fsp3) is 0.231. The van der Waals surface area contributed by atoms with Gasteiger partial charge in [-0.25, -0.2) is 9.78 Å². The molecule has 5 heteroatoms. The average Bonchev–Trinajstić information content (AvgIpc) is 2.76. The van der Waals surface area contributed by atoms with Crippen molar-refractivity contribution in [2.75, 3.05) is 5.32 Å². The Labute approximate surface area is 109 Å². The maximum absolute atomic E-state index is 10.9. The molecule has 0 radical (unpaired) electrons. The largest absolute Gasteiger partial charge is 0.478 e. The molecule has 0 spiro atoms. The van der Waals surface area contributed by atoms with Gasteiger partial charge in [0.05, 0.1) is 11.3 Å². The molecule has 1 heterocycles. The van der Waals surface area contributed by atoms with Gasteiger partial charge in [0.15, 0.2) is 5.13 Å². The van der Waals surface area contributed by atoms with Gasteiger partial charge in [-0.3, -0.25) is 0 Å². The number of rotatable bonds is 4. The van der Waals surface area contributed by atoms with Gasteiger partial charge in [0.25, 0.3) is 0 Å². The number of aromatic nitrogens is 1. The van der Waals surface area contributed by atoms with E-state index in [1.165, 1.54) is 0 Å². The molecule has 94 valence electrons. The molecule has 0 saturated carbocycles. The zero-order valence-corrected chi connectivity index (χ0v) is 11.0. The summed E-state index contributed by atoms with van der Waals surface area (Å²) in [7, 11) is 0. The third kappa shape index (κ3) is 2.68. The minimum absolute atomic E-state index is 0.328. The number of anilines is 2. The molecule has 0 saturated heterocycles. The first-order valence-electron chi connectivity index (χ1n) is 5.65. The summed E-state index contributed by atoms with van der Waals surface area (Å²) >= 11 is 1.55. The van der Waals surface area contributed by atoms with Crippen LogP contribution in [0.5, 0.6) is 0 Å². The summed E-state index contributed by atoms with van der Waals surface area (Å²) in [6, 6.07) is 5.17. The highest BCUT2D eigenvalue weighted by atomic mass is 32.1. The monoisotopic (exact) mass is 262 g/mol. The Morgan fingerprint density at radius 1 is 1.50 bits per heavy atom. The number of nitrogens with zero attached hydrogens (tertiary/aromatic N) is 1. The minimum Gasteiger partial charge on any atom is -0.478 e. The van der Waals surface area contributed by atoms with Crippen molar-refractivity contribution in [1.82, 2.24) is 4.98 Å². The van der Waals surface area contributed by atoms with Crippen LogP contribution in [0.25, 0.3) is 0 Å². The SMILES string of the molecule is CCc1csc(Nc2ccc(C(=O)O)c(C)c2)n1. The van der Waals surface area contributed by atoms with Crippen LogP contribution in [0.2, 0.25) is 0 Å². The predicted octanol–water partition coefficient (Wildman–Crippen LogP) is 3.46. The van der Waals surface area contributed by atoms with Crippen LogP contribution in [0.4, 0.5) is 10.8 Å². The summed E-state index contributed by atoms with van der Waals surface area (Å²) in [4.78, 5) is 15.3. The smallest absolute Gasteiger partial charge is 0.335 e. The summed E-state index contributed by atoms with van der Waals surface area (Å²) < 4.78 is 0. The summed E-state index contributed by atoms with van der Waals surface area (Å²) in [6.45, 7) is 3.85. The molecule has 0 aliphatic rings. The molecular weight excluding hydrogens is 248 g/mol. The van der Waals surface area contributed by atoms with E-state index in [1.54, 1.807) is 30.4 Å². The zero-order valence-electron chi connectivity index (χ0n) is 10.2. The third-order valence-corrected chi connectivity index (χ3v) is 3.43. The Morgan fingerprint density at radius 3 is 2.83 bits per heavy atom. The molecule has 1 aromatic carbocycles. The van der Waals surface area contributed by atoms with Gasteiger partial charge in [-0.15, -0.1) is 11.3 Å². The first-order chi connectivity index (χ1) is 8.60. The highest BCUT2D eigenvalue weighted by Crippen LogP contribution is 2.23. The highest BCUT2D eigenvalue weighted by molar-refractivity contribution is 7.13. The second kappa shape index (κ2) is 5.18. The van der Waals surface area contributed by atoms with Crippen LogP contribution in [0.1, 0.15) is 28.5 Å². The number of aryl methyl sites for hydroxylation is 2. The average molecular weight is 262 g/mol. The number of hydrogen-bond acceptors (Lipinski definition) is 4. The van der Waals surface area contributed by atoms with E-state index in [0.29, 0.717) is 5.56 Å². The van der Waals surface area contributed by atoms with Gasteiger partial charge >= 0.3 is 5.97 Å². The van der Waals surface area contributed by atoms with E-state index in [4.69, 9.17) is 5.11 Å². The van der Waals surface area contributed by atoms with Gasteiger partial charge in [-0.1, -0.05) is 6.92 Å². The van der Waals surface area contributed by atoms with Crippen molar-refractivity contribution in [2.45, 2.75) is 20.3 Å². The van der Waals surface area contributed by atoms with Gasteiger partial charge in [-0.05, 0) is 37.1 Å². The van der Waals surface area contributed by atoms with E-state index in [0.717, 1.165) is 28.5 Å². The van der Waals surface area contributed by atoms with Gasteiger partial charge in [-0.2, -0.15) is 0 Å². The highest BCUT2D eigenvalue weighted by Gasteiger charge is 2.08.